The number of hydrogen-bond donors (Lipinski definition) is 0. The van der Waals surface area contributed by atoms with E-state index in [0.29, 0.717) is 17.1 Å². The third-order valence-corrected chi connectivity index (χ3v) is 1.77. The average molecular weight is 153 g/mol. The molecule has 1 aromatic rings. The van der Waals surface area contributed by atoms with Crippen LogP contribution in [0.3, 0.4) is 0 Å². The van der Waals surface area contributed by atoms with Gasteiger partial charge in [0.2, 0.25) is 0 Å². The molecule has 1 aromatic heterocycles. The molecule has 0 spiro atoms. The molecule has 1 heterocycles. The van der Waals surface area contributed by atoms with Gasteiger partial charge in [0.1, 0.15) is 11.5 Å². The Bertz CT molecular complexity index is 297. The maximum atomic E-state index is 10.5. The minimum Gasteiger partial charge on any atom is -0.545 e. The molecule has 0 aromatic carbocycles. The summed E-state index contributed by atoms with van der Waals surface area (Å²) in [5, 5.41) is 10.5. The van der Waals surface area contributed by atoms with E-state index >= 15 is 0 Å². The Morgan fingerprint density at radius 1 is 1.27 bits per heavy atom. The topological polar surface area (TPSA) is 53.3 Å². The molecule has 3 nitrogen and oxygen atoms in total. The number of carboxylic acid groups (broad SMARTS) is 1. The van der Waals surface area contributed by atoms with E-state index in [0.717, 1.165) is 0 Å². The fourth-order valence-corrected chi connectivity index (χ4v) is 1.09. The van der Waals surface area contributed by atoms with Crippen LogP contribution < -0.4 is 5.11 Å². The molecule has 0 amide bonds. The molecule has 0 aliphatic heterocycles. The first kappa shape index (κ1) is 7.85. The number of carbonyl (C=O) groups excluding carboxylic acids is 1. The molecule has 11 heavy (non-hydrogen) atoms. The second-order valence-corrected chi connectivity index (χ2v) is 2.50. The van der Waals surface area contributed by atoms with Gasteiger partial charge in [-0.1, -0.05) is 0 Å². The van der Waals surface area contributed by atoms with Gasteiger partial charge in [-0.2, -0.15) is 0 Å². The molecule has 0 atom stereocenters. The molecular formula is C8H9O3-. The largest absolute Gasteiger partial charge is 0.545 e. The minimum absolute atomic E-state index is 0.183. The van der Waals surface area contributed by atoms with E-state index in [-0.39, 0.29) is 5.56 Å². The van der Waals surface area contributed by atoms with Crippen LogP contribution in [0.1, 0.15) is 27.4 Å². The van der Waals surface area contributed by atoms with Crippen LogP contribution in [-0.2, 0) is 0 Å². The molecule has 0 N–H and O–H groups in total. The predicted octanol–water partition coefficient (Wildman–Crippen LogP) is 0.568. The van der Waals surface area contributed by atoms with E-state index in [4.69, 9.17) is 4.42 Å². The molecule has 1 rings (SSSR count). The van der Waals surface area contributed by atoms with Gasteiger partial charge < -0.3 is 14.3 Å². The molecule has 0 saturated heterocycles. The Hall–Kier alpha value is -1.25. The van der Waals surface area contributed by atoms with Crippen LogP contribution in [0, 0.1) is 20.8 Å². The zero-order chi connectivity index (χ0) is 8.59. The normalized spacial score (nSPS) is 10.1. The summed E-state index contributed by atoms with van der Waals surface area (Å²) in [7, 11) is 0. The molecular weight excluding hydrogens is 144 g/mol. The monoisotopic (exact) mass is 153 g/mol. The molecule has 60 valence electrons. The molecule has 0 fully saturated rings. The van der Waals surface area contributed by atoms with Gasteiger partial charge in [0.05, 0.1) is 5.97 Å². The van der Waals surface area contributed by atoms with Crippen LogP contribution in [0.5, 0.6) is 0 Å². The summed E-state index contributed by atoms with van der Waals surface area (Å²) < 4.78 is 5.09. The van der Waals surface area contributed by atoms with E-state index in [9.17, 15) is 9.90 Å². The van der Waals surface area contributed by atoms with E-state index in [1.807, 2.05) is 0 Å². The van der Waals surface area contributed by atoms with Crippen molar-refractivity contribution in [2.75, 3.05) is 0 Å². The van der Waals surface area contributed by atoms with Crippen LogP contribution in [-0.4, -0.2) is 5.97 Å². The van der Waals surface area contributed by atoms with Gasteiger partial charge in [0, 0.05) is 5.56 Å². The number of aromatic carboxylic acids is 1. The second kappa shape index (κ2) is 2.42. The van der Waals surface area contributed by atoms with Crippen molar-refractivity contribution >= 4 is 5.97 Å². The van der Waals surface area contributed by atoms with Gasteiger partial charge in [-0.3, -0.25) is 0 Å². The first-order valence-electron chi connectivity index (χ1n) is 3.32. The molecule has 0 aliphatic carbocycles. The van der Waals surface area contributed by atoms with E-state index in [1.54, 1.807) is 20.8 Å². The van der Waals surface area contributed by atoms with Gasteiger partial charge in [-0.25, -0.2) is 0 Å². The quantitative estimate of drug-likeness (QED) is 0.592. The lowest BCUT2D eigenvalue weighted by atomic mass is 10.1. The predicted molar refractivity (Wildman–Crippen MR) is 37.2 cm³/mol. The maximum Gasteiger partial charge on any atom is 0.110 e. The molecule has 0 bridgehead atoms. The Kier molecular flexibility index (Phi) is 1.72. The van der Waals surface area contributed by atoms with Crippen molar-refractivity contribution in [3.8, 4) is 0 Å². The van der Waals surface area contributed by atoms with E-state index < -0.39 is 5.97 Å². The van der Waals surface area contributed by atoms with Gasteiger partial charge in [0.25, 0.3) is 0 Å². The highest BCUT2D eigenvalue weighted by atomic mass is 16.4. The summed E-state index contributed by atoms with van der Waals surface area (Å²) in [6, 6.07) is 0. The third kappa shape index (κ3) is 1.13. The maximum absolute atomic E-state index is 10.5. The summed E-state index contributed by atoms with van der Waals surface area (Å²) >= 11 is 0. The minimum atomic E-state index is -1.17. The summed E-state index contributed by atoms with van der Waals surface area (Å²) in [5.41, 5.74) is 0.838. The SMILES string of the molecule is Cc1oc(C)c(C(=O)[O-])c1C. The summed E-state index contributed by atoms with van der Waals surface area (Å²) in [6.45, 7) is 5.05. The number of furan rings is 1. The van der Waals surface area contributed by atoms with Gasteiger partial charge in [0.15, 0.2) is 0 Å². The zero-order valence-electron chi connectivity index (χ0n) is 6.72. The lowest BCUT2D eigenvalue weighted by Gasteiger charge is -1.99. The summed E-state index contributed by atoms with van der Waals surface area (Å²) in [4.78, 5) is 10.5. The number of carboxylic acids is 1. The lowest BCUT2D eigenvalue weighted by Crippen LogP contribution is -2.23. The van der Waals surface area contributed by atoms with E-state index in [1.165, 1.54) is 0 Å². The molecule has 0 unspecified atom stereocenters. The Morgan fingerprint density at radius 3 is 2.00 bits per heavy atom. The molecule has 0 aliphatic rings. The van der Waals surface area contributed by atoms with Crippen molar-refractivity contribution in [1.82, 2.24) is 0 Å². The Balaban J connectivity index is 3.34. The average Bonchev–Trinajstić information content (AvgIpc) is 2.07. The van der Waals surface area contributed by atoms with Crippen molar-refractivity contribution in [2.45, 2.75) is 20.8 Å². The van der Waals surface area contributed by atoms with Crippen LogP contribution >= 0.6 is 0 Å². The Labute approximate surface area is 64.6 Å². The highest BCUT2D eigenvalue weighted by Gasteiger charge is 2.10. The van der Waals surface area contributed by atoms with Crippen molar-refractivity contribution in [3.05, 3.63) is 22.6 Å². The number of hydrogen-bond acceptors (Lipinski definition) is 3. The van der Waals surface area contributed by atoms with Crippen LogP contribution in [0.4, 0.5) is 0 Å². The fraction of sp³-hybridized carbons (Fsp3) is 0.375. The summed E-state index contributed by atoms with van der Waals surface area (Å²) in [6.07, 6.45) is 0. The Morgan fingerprint density at radius 2 is 1.82 bits per heavy atom. The van der Waals surface area contributed by atoms with Crippen molar-refractivity contribution in [2.24, 2.45) is 0 Å². The smallest absolute Gasteiger partial charge is 0.110 e. The van der Waals surface area contributed by atoms with Crippen molar-refractivity contribution in [3.63, 3.8) is 0 Å². The summed E-state index contributed by atoms with van der Waals surface area (Å²) in [5.74, 6) is -0.112. The third-order valence-electron chi connectivity index (χ3n) is 1.77. The first-order valence-corrected chi connectivity index (χ1v) is 3.32. The van der Waals surface area contributed by atoms with Gasteiger partial charge >= 0.3 is 0 Å². The first-order chi connectivity index (χ1) is 5.04. The lowest BCUT2D eigenvalue weighted by molar-refractivity contribution is -0.255. The highest BCUT2D eigenvalue weighted by Crippen LogP contribution is 2.19. The fourth-order valence-electron chi connectivity index (χ4n) is 1.09. The number of rotatable bonds is 1. The highest BCUT2D eigenvalue weighted by molar-refractivity contribution is 5.88. The number of carbonyl (C=O) groups is 1. The zero-order valence-corrected chi connectivity index (χ0v) is 6.72. The second-order valence-electron chi connectivity index (χ2n) is 2.50. The van der Waals surface area contributed by atoms with Crippen LogP contribution in [0.25, 0.3) is 0 Å². The molecule has 3 heteroatoms. The molecule has 0 saturated carbocycles. The van der Waals surface area contributed by atoms with Crippen LogP contribution in [0.15, 0.2) is 4.42 Å². The van der Waals surface area contributed by atoms with Gasteiger partial charge in [-0.05, 0) is 26.3 Å². The molecule has 0 radical (unpaired) electrons. The van der Waals surface area contributed by atoms with Gasteiger partial charge in [-0.15, -0.1) is 0 Å². The van der Waals surface area contributed by atoms with Crippen molar-refractivity contribution < 1.29 is 14.3 Å². The van der Waals surface area contributed by atoms with E-state index in [2.05, 4.69) is 0 Å². The standard InChI is InChI=1S/C8H10O3/c1-4-5(2)11-6(3)7(4)8(9)10/h1-3H3,(H,9,10)/p-1. The van der Waals surface area contributed by atoms with Crippen LogP contribution in [0.2, 0.25) is 0 Å². The van der Waals surface area contributed by atoms with Crippen molar-refractivity contribution in [1.29, 1.82) is 0 Å². The number of aryl methyl sites for hydroxylation is 2.